The number of nitrogens with zero attached hydrogens (tertiary/aromatic N) is 2. The number of aliphatic hydroxyl groups is 2. The number of hydrogen-bond donors (Lipinski definition) is 4. The van der Waals surface area contributed by atoms with Gasteiger partial charge in [0.05, 0.1) is 20.9 Å². The largest absolute Gasteiger partial charge is 0.390 e. The average molecular weight is 539 g/mol. The van der Waals surface area contributed by atoms with Crippen LogP contribution in [0.15, 0.2) is 48.9 Å². The van der Waals surface area contributed by atoms with Crippen molar-refractivity contribution < 1.29 is 27.6 Å². The average Bonchev–Trinajstić information content (AvgIpc) is 3.40. The van der Waals surface area contributed by atoms with E-state index in [1.807, 2.05) is 10.8 Å². The van der Waals surface area contributed by atoms with Crippen LogP contribution in [-0.2, 0) is 14.5 Å². The monoisotopic (exact) mass is 538 g/mol. The van der Waals surface area contributed by atoms with Gasteiger partial charge in [-0.2, -0.15) is 13.1 Å². The van der Waals surface area contributed by atoms with Gasteiger partial charge in [-0.15, -0.1) is 11.3 Å². The zero-order valence-corrected chi connectivity index (χ0v) is 20.8. The second kappa shape index (κ2) is 10.7. The molecule has 4 atom stereocenters. The molecule has 4 N–H and O–H groups in total. The summed E-state index contributed by atoms with van der Waals surface area (Å²) in [6, 6.07) is 10.1. The molecule has 1 aliphatic carbocycles. The molecular formula is C22H23ClN4O6S2. The number of nitrogens with one attached hydrogen (secondary N) is 2. The number of benzene rings is 1. The predicted molar refractivity (Wildman–Crippen MR) is 131 cm³/mol. The highest BCUT2D eigenvalue weighted by Gasteiger charge is 2.37. The Labute approximate surface area is 211 Å². The lowest BCUT2D eigenvalue weighted by molar-refractivity contribution is 0.0636. The van der Waals surface area contributed by atoms with Crippen LogP contribution in [0.1, 0.15) is 45.3 Å². The minimum Gasteiger partial charge on any atom is -0.390 e. The lowest BCUT2D eigenvalue weighted by atomic mass is 10.0. The fourth-order valence-corrected chi connectivity index (χ4v) is 5.75. The zero-order valence-electron chi connectivity index (χ0n) is 18.5. The molecule has 1 saturated carbocycles. The molecule has 0 amide bonds. The van der Waals surface area contributed by atoms with Crippen LogP contribution in [0.2, 0.25) is 4.34 Å². The maximum Gasteiger partial charge on any atom is 0.335 e. The molecule has 4 rings (SSSR count). The number of halogens is 1. The fraction of sp³-hybridized carbons (Fsp3) is 0.318. The maximum atomic E-state index is 13.3. The Bertz CT molecular complexity index is 1300. The Morgan fingerprint density at radius 2 is 2.03 bits per heavy atom. The molecule has 0 saturated heterocycles. The van der Waals surface area contributed by atoms with Crippen molar-refractivity contribution in [2.24, 2.45) is 0 Å². The van der Waals surface area contributed by atoms with E-state index in [0.717, 1.165) is 11.3 Å². The summed E-state index contributed by atoms with van der Waals surface area (Å²) in [7, 11) is -2.75. The molecule has 13 heteroatoms. The molecule has 0 spiro atoms. The van der Waals surface area contributed by atoms with Crippen LogP contribution >= 0.6 is 22.9 Å². The van der Waals surface area contributed by atoms with Crippen LogP contribution < -0.4 is 10.0 Å². The van der Waals surface area contributed by atoms with Crippen molar-refractivity contribution in [3.05, 3.63) is 74.8 Å². The Morgan fingerprint density at radius 3 is 2.74 bits per heavy atom. The first-order chi connectivity index (χ1) is 16.7. The van der Waals surface area contributed by atoms with Gasteiger partial charge in [-0.05, 0) is 24.5 Å². The summed E-state index contributed by atoms with van der Waals surface area (Å²) in [6.07, 6.45) is 0.0626. The third kappa shape index (κ3) is 5.86. The third-order valence-electron chi connectivity index (χ3n) is 5.62. The number of thiophene rings is 1. The quantitative estimate of drug-likeness (QED) is 0.301. The number of anilines is 1. The van der Waals surface area contributed by atoms with Crippen molar-refractivity contribution >= 4 is 44.8 Å². The SMILES string of the molecule is CNS(=O)(=O)O[C@@H]1C[C@H](Nc2ncncc2C(=O)c2cc([C@@H](O)c3ccccc3)c(Cl)s2)C[C@@H]1O. The molecule has 10 nitrogen and oxygen atoms in total. The second-order valence-corrected chi connectivity index (χ2v) is 11.1. The van der Waals surface area contributed by atoms with E-state index in [2.05, 4.69) is 15.3 Å². The molecule has 35 heavy (non-hydrogen) atoms. The van der Waals surface area contributed by atoms with Crippen LogP contribution in [-0.4, -0.2) is 59.7 Å². The predicted octanol–water partition coefficient (Wildman–Crippen LogP) is 2.29. The molecular weight excluding hydrogens is 516 g/mol. The smallest absolute Gasteiger partial charge is 0.335 e. The van der Waals surface area contributed by atoms with E-state index in [1.165, 1.54) is 19.6 Å². The number of aliphatic hydroxyl groups excluding tert-OH is 2. The molecule has 1 aliphatic rings. The lowest BCUT2D eigenvalue weighted by Crippen LogP contribution is -2.31. The van der Waals surface area contributed by atoms with Crippen molar-refractivity contribution in [1.82, 2.24) is 14.7 Å². The van der Waals surface area contributed by atoms with Crippen LogP contribution in [0.5, 0.6) is 0 Å². The number of rotatable bonds is 9. The molecule has 1 fully saturated rings. The van der Waals surface area contributed by atoms with Crippen LogP contribution in [0.25, 0.3) is 0 Å². The molecule has 186 valence electrons. The zero-order chi connectivity index (χ0) is 25.2. The summed E-state index contributed by atoms with van der Waals surface area (Å²) in [5.41, 5.74) is 1.24. The van der Waals surface area contributed by atoms with Gasteiger partial charge in [0.15, 0.2) is 0 Å². The molecule has 3 aromatic rings. The van der Waals surface area contributed by atoms with Gasteiger partial charge in [-0.25, -0.2) is 9.97 Å². The van der Waals surface area contributed by atoms with Crippen LogP contribution in [0.4, 0.5) is 5.82 Å². The van der Waals surface area contributed by atoms with Crippen LogP contribution in [0.3, 0.4) is 0 Å². The summed E-state index contributed by atoms with van der Waals surface area (Å²) in [5, 5.41) is 24.0. The molecule has 0 radical (unpaired) electrons. The number of hydrogen-bond acceptors (Lipinski definition) is 10. The first kappa shape index (κ1) is 25.6. The van der Waals surface area contributed by atoms with Crippen molar-refractivity contribution in [3.8, 4) is 0 Å². The molecule has 1 aromatic carbocycles. The highest BCUT2D eigenvalue weighted by atomic mass is 35.5. The standard InChI is InChI=1S/C22H23ClN4O6S2/c1-24-35(31,32)33-17-8-13(7-16(17)28)27-22-15(10-25-11-26-22)20(30)18-9-14(21(23)34-18)19(29)12-5-3-2-4-6-12/h2-6,9-11,13,16-17,19,24,28-29H,7-8H2,1H3,(H,25,26,27)/t13-,16+,17-,19+/m1/s1. The minimum absolute atomic E-state index is 0.174. The van der Waals surface area contributed by atoms with E-state index in [9.17, 15) is 23.4 Å². The van der Waals surface area contributed by atoms with E-state index < -0.39 is 40.4 Å². The molecule has 2 aromatic heterocycles. The van der Waals surface area contributed by atoms with E-state index in [4.69, 9.17) is 15.8 Å². The summed E-state index contributed by atoms with van der Waals surface area (Å²) in [6.45, 7) is 0. The summed E-state index contributed by atoms with van der Waals surface area (Å²) in [4.78, 5) is 21.7. The normalized spacial score (nSPS) is 21.1. The van der Waals surface area contributed by atoms with Crippen molar-refractivity contribution in [3.63, 3.8) is 0 Å². The number of carbonyl (C=O) groups is 1. The maximum absolute atomic E-state index is 13.3. The first-order valence-electron chi connectivity index (χ1n) is 10.6. The number of ketones is 1. The molecule has 2 heterocycles. The van der Waals surface area contributed by atoms with Gasteiger partial charge in [0, 0.05) is 24.8 Å². The summed E-state index contributed by atoms with van der Waals surface area (Å²) >= 11 is 7.40. The van der Waals surface area contributed by atoms with E-state index in [1.54, 1.807) is 30.3 Å². The van der Waals surface area contributed by atoms with Gasteiger partial charge in [0.1, 0.15) is 24.4 Å². The first-order valence-corrected chi connectivity index (χ1v) is 13.2. The Balaban J connectivity index is 1.52. The second-order valence-electron chi connectivity index (χ2n) is 7.94. The number of carbonyl (C=O) groups excluding carboxylic acids is 1. The molecule has 0 aliphatic heterocycles. The minimum atomic E-state index is -3.97. The van der Waals surface area contributed by atoms with Crippen molar-refractivity contribution in [1.29, 1.82) is 0 Å². The Hall–Kier alpha value is -2.45. The Kier molecular flexibility index (Phi) is 7.81. The van der Waals surface area contributed by atoms with Gasteiger partial charge in [-0.3, -0.25) is 8.98 Å². The Morgan fingerprint density at radius 1 is 1.29 bits per heavy atom. The molecule has 0 unspecified atom stereocenters. The van der Waals surface area contributed by atoms with Gasteiger partial charge in [0.2, 0.25) is 5.78 Å². The van der Waals surface area contributed by atoms with E-state index >= 15 is 0 Å². The van der Waals surface area contributed by atoms with Crippen molar-refractivity contribution in [2.75, 3.05) is 12.4 Å². The topological polar surface area (TPSA) is 151 Å². The lowest BCUT2D eigenvalue weighted by Gasteiger charge is -2.15. The molecule has 0 bridgehead atoms. The van der Waals surface area contributed by atoms with E-state index in [0.29, 0.717) is 20.3 Å². The number of aromatic nitrogens is 2. The van der Waals surface area contributed by atoms with Gasteiger partial charge in [-0.1, -0.05) is 41.9 Å². The summed E-state index contributed by atoms with van der Waals surface area (Å²) < 4.78 is 30.7. The summed E-state index contributed by atoms with van der Waals surface area (Å²) in [5.74, 6) is -0.162. The third-order valence-corrected chi connectivity index (χ3v) is 8.01. The van der Waals surface area contributed by atoms with Gasteiger partial charge in [0.25, 0.3) is 0 Å². The fourth-order valence-electron chi connectivity index (χ4n) is 3.84. The highest BCUT2D eigenvalue weighted by molar-refractivity contribution is 7.84. The van der Waals surface area contributed by atoms with Crippen molar-refractivity contribution in [2.45, 2.75) is 37.2 Å². The van der Waals surface area contributed by atoms with Crippen LogP contribution in [0, 0.1) is 0 Å². The van der Waals surface area contributed by atoms with E-state index in [-0.39, 0.29) is 24.2 Å². The van der Waals surface area contributed by atoms with Gasteiger partial charge < -0.3 is 15.5 Å². The van der Waals surface area contributed by atoms with Gasteiger partial charge >= 0.3 is 10.3 Å². The highest BCUT2D eigenvalue weighted by Crippen LogP contribution is 2.37.